The highest BCUT2D eigenvalue weighted by Gasteiger charge is 2.59. The highest BCUT2D eigenvalue weighted by molar-refractivity contribution is 5.80. The van der Waals surface area contributed by atoms with Gasteiger partial charge >= 0.3 is 6.09 Å². The van der Waals surface area contributed by atoms with Crippen LogP contribution in [0.1, 0.15) is 87.6 Å². The standard InChI is InChI=1S/C29H36N2O3/c1-28(2,3)34-27(33)30-17-18-13-15-19(16-14-18)26(32)31-25-21-10-6-5-9-20(21)24-22-11-7-8-12-23(22)29(24,25)4/h5-12,18-19,24-25H,13-17H2,1-4H3,(H,30,33)(H,31,32). The number of amides is 2. The molecule has 0 aromatic heterocycles. The van der Waals surface area contributed by atoms with E-state index in [1.165, 1.54) is 22.3 Å². The molecule has 180 valence electrons. The second-order valence-electron chi connectivity index (χ2n) is 11.5. The SMILES string of the molecule is CC(C)(C)OC(=O)NCC1CCC(C(=O)NC2c3ccccc3C3c4ccccc4C23C)CC1. The van der Waals surface area contributed by atoms with Crippen molar-refractivity contribution < 1.29 is 14.3 Å². The minimum atomic E-state index is -0.491. The fourth-order valence-electron chi connectivity index (χ4n) is 6.47. The summed E-state index contributed by atoms with van der Waals surface area (Å²) < 4.78 is 5.34. The van der Waals surface area contributed by atoms with E-state index in [2.05, 4.69) is 66.1 Å². The van der Waals surface area contributed by atoms with Gasteiger partial charge in [-0.15, -0.1) is 0 Å². The second-order valence-corrected chi connectivity index (χ2v) is 11.5. The van der Waals surface area contributed by atoms with Crippen LogP contribution in [-0.2, 0) is 14.9 Å². The maximum atomic E-state index is 13.4. The number of rotatable bonds is 4. The van der Waals surface area contributed by atoms with E-state index in [0.29, 0.717) is 18.4 Å². The molecule has 0 bridgehead atoms. The fourth-order valence-corrected chi connectivity index (χ4v) is 6.47. The fraction of sp³-hybridized carbons (Fsp3) is 0.517. The number of carbonyl (C=O) groups is 2. The van der Waals surface area contributed by atoms with Crippen LogP contribution >= 0.6 is 0 Å². The molecule has 3 aliphatic carbocycles. The number of hydrogen-bond donors (Lipinski definition) is 2. The summed E-state index contributed by atoms with van der Waals surface area (Å²) in [5.74, 6) is 0.941. The van der Waals surface area contributed by atoms with Crippen LogP contribution in [0.25, 0.3) is 0 Å². The molecule has 0 heterocycles. The Balaban J connectivity index is 1.22. The smallest absolute Gasteiger partial charge is 0.407 e. The summed E-state index contributed by atoms with van der Waals surface area (Å²) in [6.07, 6.45) is 3.24. The Morgan fingerprint density at radius 2 is 1.56 bits per heavy atom. The third kappa shape index (κ3) is 3.89. The molecule has 3 aliphatic rings. The van der Waals surface area contributed by atoms with Crippen molar-refractivity contribution in [3.05, 3.63) is 70.8 Å². The summed E-state index contributed by atoms with van der Waals surface area (Å²) in [6, 6.07) is 17.3. The maximum Gasteiger partial charge on any atom is 0.407 e. The molecule has 0 saturated heterocycles. The lowest BCUT2D eigenvalue weighted by Crippen LogP contribution is -2.49. The topological polar surface area (TPSA) is 67.4 Å². The van der Waals surface area contributed by atoms with Crippen LogP contribution in [0, 0.1) is 11.8 Å². The van der Waals surface area contributed by atoms with Crippen LogP contribution in [-0.4, -0.2) is 24.1 Å². The van der Waals surface area contributed by atoms with Gasteiger partial charge in [0, 0.05) is 23.8 Å². The van der Waals surface area contributed by atoms with Gasteiger partial charge in [-0.3, -0.25) is 4.79 Å². The van der Waals surface area contributed by atoms with E-state index in [1.54, 1.807) is 0 Å². The number of ether oxygens (including phenoxy) is 1. The monoisotopic (exact) mass is 460 g/mol. The molecule has 1 fully saturated rings. The molecule has 3 unspecified atom stereocenters. The van der Waals surface area contributed by atoms with Crippen molar-refractivity contribution in [2.24, 2.45) is 11.8 Å². The van der Waals surface area contributed by atoms with Crippen molar-refractivity contribution in [2.75, 3.05) is 6.54 Å². The third-order valence-corrected chi connectivity index (χ3v) is 8.11. The molecule has 5 rings (SSSR count). The molecule has 34 heavy (non-hydrogen) atoms. The van der Waals surface area contributed by atoms with Gasteiger partial charge in [0.15, 0.2) is 0 Å². The summed E-state index contributed by atoms with van der Waals surface area (Å²) in [7, 11) is 0. The van der Waals surface area contributed by atoms with Crippen molar-refractivity contribution in [2.45, 2.75) is 76.4 Å². The highest BCUT2D eigenvalue weighted by atomic mass is 16.6. The third-order valence-electron chi connectivity index (χ3n) is 8.11. The van der Waals surface area contributed by atoms with E-state index >= 15 is 0 Å². The Labute approximate surface area is 202 Å². The quantitative estimate of drug-likeness (QED) is 0.625. The molecule has 0 aliphatic heterocycles. The van der Waals surface area contributed by atoms with Crippen molar-refractivity contribution in [3.63, 3.8) is 0 Å². The van der Waals surface area contributed by atoms with Gasteiger partial charge in [-0.2, -0.15) is 0 Å². The molecule has 5 nitrogen and oxygen atoms in total. The number of hydrogen-bond acceptors (Lipinski definition) is 3. The summed E-state index contributed by atoms with van der Waals surface area (Å²) in [6.45, 7) is 8.51. The normalized spacial score (nSPS) is 29.2. The zero-order valence-corrected chi connectivity index (χ0v) is 20.7. The number of carbonyl (C=O) groups excluding carboxylic acids is 2. The van der Waals surface area contributed by atoms with Crippen LogP contribution in [0.5, 0.6) is 0 Å². The summed E-state index contributed by atoms with van der Waals surface area (Å²) in [5.41, 5.74) is 4.78. The Hall–Kier alpha value is -2.82. The van der Waals surface area contributed by atoms with Crippen molar-refractivity contribution in [1.29, 1.82) is 0 Å². The van der Waals surface area contributed by atoms with E-state index in [4.69, 9.17) is 4.74 Å². The van der Waals surface area contributed by atoms with Gasteiger partial charge in [-0.1, -0.05) is 55.5 Å². The molecular formula is C29H36N2O3. The van der Waals surface area contributed by atoms with Gasteiger partial charge in [0.25, 0.3) is 0 Å². The number of nitrogens with one attached hydrogen (secondary N) is 2. The van der Waals surface area contributed by atoms with Crippen LogP contribution in [0.4, 0.5) is 4.79 Å². The van der Waals surface area contributed by atoms with Gasteiger partial charge in [0.2, 0.25) is 5.91 Å². The maximum absolute atomic E-state index is 13.4. The average molecular weight is 461 g/mol. The first-order chi connectivity index (χ1) is 16.2. The van der Waals surface area contributed by atoms with Gasteiger partial charge in [0.05, 0.1) is 6.04 Å². The minimum absolute atomic E-state index is 0.00246. The number of fused-ring (bicyclic) bond motifs is 6. The molecule has 2 N–H and O–H groups in total. The lowest BCUT2D eigenvalue weighted by atomic mass is 9.56. The molecule has 0 radical (unpaired) electrons. The number of alkyl carbamates (subject to hydrolysis) is 1. The predicted molar refractivity (Wildman–Crippen MR) is 133 cm³/mol. The second kappa shape index (κ2) is 8.44. The van der Waals surface area contributed by atoms with E-state index in [1.807, 2.05) is 20.8 Å². The lowest BCUT2D eigenvalue weighted by Gasteiger charge is -2.48. The molecular weight excluding hydrogens is 424 g/mol. The van der Waals surface area contributed by atoms with Crippen molar-refractivity contribution in [3.8, 4) is 0 Å². The Kier molecular flexibility index (Phi) is 5.70. The van der Waals surface area contributed by atoms with Gasteiger partial charge in [-0.05, 0) is 74.6 Å². The van der Waals surface area contributed by atoms with E-state index in [9.17, 15) is 9.59 Å². The highest BCUT2D eigenvalue weighted by Crippen LogP contribution is 2.65. The largest absolute Gasteiger partial charge is 0.444 e. The van der Waals surface area contributed by atoms with Crippen LogP contribution in [0.3, 0.4) is 0 Å². The van der Waals surface area contributed by atoms with E-state index in [-0.39, 0.29) is 29.4 Å². The van der Waals surface area contributed by atoms with Crippen molar-refractivity contribution in [1.82, 2.24) is 10.6 Å². The van der Waals surface area contributed by atoms with Crippen LogP contribution in [0.2, 0.25) is 0 Å². The Morgan fingerprint density at radius 1 is 0.941 bits per heavy atom. The summed E-state index contributed by atoms with van der Waals surface area (Å²) in [4.78, 5) is 25.4. The van der Waals surface area contributed by atoms with E-state index in [0.717, 1.165) is 25.7 Å². The van der Waals surface area contributed by atoms with Gasteiger partial charge in [0.1, 0.15) is 5.60 Å². The number of benzene rings is 2. The van der Waals surface area contributed by atoms with Gasteiger partial charge in [-0.25, -0.2) is 4.79 Å². The first kappa shape index (κ1) is 22.9. The summed E-state index contributed by atoms with van der Waals surface area (Å²) >= 11 is 0. The Morgan fingerprint density at radius 3 is 2.24 bits per heavy atom. The minimum Gasteiger partial charge on any atom is -0.444 e. The van der Waals surface area contributed by atoms with Crippen molar-refractivity contribution >= 4 is 12.0 Å². The zero-order valence-electron chi connectivity index (χ0n) is 20.7. The molecule has 5 heteroatoms. The van der Waals surface area contributed by atoms with Crippen LogP contribution < -0.4 is 10.6 Å². The average Bonchev–Trinajstić information content (AvgIpc) is 3.01. The zero-order chi connectivity index (χ0) is 24.1. The molecule has 0 spiro atoms. The predicted octanol–water partition coefficient (Wildman–Crippen LogP) is 5.59. The lowest BCUT2D eigenvalue weighted by molar-refractivity contribution is -0.127. The van der Waals surface area contributed by atoms with E-state index < -0.39 is 5.60 Å². The first-order valence-electron chi connectivity index (χ1n) is 12.6. The molecule has 1 saturated carbocycles. The molecule has 2 amide bonds. The Bertz CT molecular complexity index is 1100. The van der Waals surface area contributed by atoms with Crippen LogP contribution in [0.15, 0.2) is 48.5 Å². The molecule has 2 aromatic rings. The summed E-state index contributed by atoms with van der Waals surface area (Å²) in [5, 5.41) is 6.37. The molecule has 3 atom stereocenters. The van der Waals surface area contributed by atoms with Gasteiger partial charge < -0.3 is 15.4 Å². The first-order valence-corrected chi connectivity index (χ1v) is 12.6. The molecule has 2 aromatic carbocycles.